The highest BCUT2D eigenvalue weighted by Crippen LogP contribution is 2.35. The van der Waals surface area contributed by atoms with Gasteiger partial charge in [0.15, 0.2) is 15.7 Å². The number of para-hydroxylation sites is 1. The first kappa shape index (κ1) is 57.6. The summed E-state index contributed by atoms with van der Waals surface area (Å²) in [5, 5.41) is 22.7. The monoisotopic (exact) mass is 1070 g/mol. The van der Waals surface area contributed by atoms with Gasteiger partial charge in [0.05, 0.1) is 63.1 Å². The second kappa shape index (κ2) is 25.2. The summed E-state index contributed by atoms with van der Waals surface area (Å²) >= 11 is 8.06. The average molecular weight is 1070 g/mol. The third kappa shape index (κ3) is 14.2. The average Bonchev–Trinajstić information content (AvgIpc) is 3.98. The quantitative estimate of drug-likeness (QED) is 0.0369. The number of sulfone groups is 1. The number of amides is 3. The molecule has 74 heavy (non-hydrogen) atoms. The van der Waals surface area contributed by atoms with Gasteiger partial charge in [-0.3, -0.25) is 19.3 Å². The highest BCUT2D eigenvalue weighted by Gasteiger charge is 2.47. The van der Waals surface area contributed by atoms with Crippen molar-refractivity contribution >= 4 is 73.6 Å². The Morgan fingerprint density at radius 3 is 2.31 bits per heavy atom. The van der Waals surface area contributed by atoms with E-state index in [0.717, 1.165) is 71.6 Å². The molecule has 1 saturated heterocycles. The number of benzene rings is 3. The minimum Gasteiger partial charge on any atom is -0.495 e. The zero-order chi connectivity index (χ0) is 54.1. The molecule has 2 aromatic heterocycles. The fraction of sp³-hybridized carbons (Fsp3) is 0.481. The van der Waals surface area contributed by atoms with Gasteiger partial charge in [0.2, 0.25) is 23.7 Å². The van der Waals surface area contributed by atoms with Crippen LogP contribution < -0.4 is 26.0 Å². The first-order valence-electron chi connectivity index (χ1n) is 25.0. The molecule has 3 heterocycles. The van der Waals surface area contributed by atoms with E-state index in [1.165, 1.54) is 18.0 Å². The maximum atomic E-state index is 14.5. The highest BCUT2D eigenvalue weighted by molar-refractivity contribution is 7.92. The summed E-state index contributed by atoms with van der Waals surface area (Å²) in [5.74, 6) is -0.0378. The lowest BCUT2D eigenvalue weighted by Gasteiger charge is -2.43. The molecule has 1 aliphatic rings. The maximum absolute atomic E-state index is 14.5. The molecule has 17 nitrogen and oxygen atoms in total. The van der Waals surface area contributed by atoms with Crippen LogP contribution in [0, 0.1) is 13.8 Å². The smallest absolute Gasteiger partial charge is 0.247 e. The van der Waals surface area contributed by atoms with Crippen molar-refractivity contribution in [3.63, 3.8) is 0 Å². The molecule has 5 N–H and O–H groups in total. The van der Waals surface area contributed by atoms with E-state index in [1.807, 2.05) is 83.6 Å². The Morgan fingerprint density at radius 1 is 0.946 bits per heavy atom. The fourth-order valence-corrected chi connectivity index (χ4v) is 11.2. The number of aliphatic hydroxyl groups is 1. The molecule has 0 bridgehead atoms. The molecule has 3 aromatic carbocycles. The highest BCUT2D eigenvalue weighted by atomic mass is 35.5. The predicted octanol–water partition coefficient (Wildman–Crippen LogP) is 8.25. The van der Waals surface area contributed by atoms with Gasteiger partial charge in [-0.25, -0.2) is 18.4 Å². The Balaban J connectivity index is 0.988. The molecule has 4 atom stereocenters. The molecule has 0 saturated carbocycles. The number of likely N-dealkylation sites (N-methyl/N-ethyl adjacent to an activating group) is 2. The number of anilines is 4. The number of carbonyl (C=O) groups excluding carboxylic acids is 3. The predicted molar refractivity (Wildman–Crippen MR) is 294 cm³/mol. The number of likely N-dealkylation sites (tertiary alicyclic amines) is 1. The van der Waals surface area contributed by atoms with Gasteiger partial charge in [0.1, 0.15) is 22.9 Å². The summed E-state index contributed by atoms with van der Waals surface area (Å²) in [6.45, 7) is 16.8. The van der Waals surface area contributed by atoms with Crippen molar-refractivity contribution in [3.8, 4) is 16.2 Å². The lowest BCUT2D eigenvalue weighted by Crippen LogP contribution is -2.65. The van der Waals surface area contributed by atoms with Gasteiger partial charge in [0, 0.05) is 32.0 Å². The number of nitrogens with zero attached hydrogens (tertiary/aromatic N) is 6. The Hall–Kier alpha value is -5.70. The molecule has 3 amide bonds. The second-order valence-corrected chi connectivity index (χ2v) is 23.8. The molecule has 6 rings (SSSR count). The van der Waals surface area contributed by atoms with Crippen LogP contribution in [0.15, 0.2) is 77.3 Å². The summed E-state index contributed by atoms with van der Waals surface area (Å²) in [6, 6.07) is 16.4. The van der Waals surface area contributed by atoms with Crippen molar-refractivity contribution in [1.29, 1.82) is 0 Å². The largest absolute Gasteiger partial charge is 0.495 e. The van der Waals surface area contributed by atoms with Gasteiger partial charge in [-0.05, 0) is 141 Å². The molecule has 0 aliphatic carbocycles. The van der Waals surface area contributed by atoms with Crippen LogP contribution in [-0.4, -0.2) is 137 Å². The molecular formula is C54H73ClN10O7S2. The van der Waals surface area contributed by atoms with E-state index in [0.29, 0.717) is 23.7 Å². The van der Waals surface area contributed by atoms with Crippen LogP contribution in [0.1, 0.15) is 95.7 Å². The fourth-order valence-electron chi connectivity index (χ4n) is 9.05. The summed E-state index contributed by atoms with van der Waals surface area (Å²) in [7, 11) is 2.07. The first-order valence-corrected chi connectivity index (χ1v) is 27.8. The van der Waals surface area contributed by atoms with E-state index in [-0.39, 0.29) is 52.5 Å². The number of β-amino-alcohol motifs (C(OH)–C–C–N with tert-alkyl or cyclic N) is 1. The van der Waals surface area contributed by atoms with E-state index in [1.54, 1.807) is 56.6 Å². The number of hydrogen-bond acceptors (Lipinski definition) is 15. The van der Waals surface area contributed by atoms with Gasteiger partial charge < -0.3 is 40.9 Å². The van der Waals surface area contributed by atoms with Gasteiger partial charge >= 0.3 is 0 Å². The van der Waals surface area contributed by atoms with Crippen molar-refractivity contribution in [1.82, 2.24) is 40.3 Å². The summed E-state index contributed by atoms with van der Waals surface area (Å²) < 4.78 is 32.0. The Bertz CT molecular complexity index is 2860. The molecule has 400 valence electrons. The molecule has 0 radical (unpaired) electrons. The molecule has 1 aliphatic heterocycles. The van der Waals surface area contributed by atoms with Crippen molar-refractivity contribution in [2.45, 2.75) is 127 Å². The van der Waals surface area contributed by atoms with E-state index in [4.69, 9.17) is 16.3 Å². The number of aliphatic hydroxyl groups excluding tert-OH is 1. The Labute approximate surface area is 445 Å². The topological polar surface area (TPSA) is 211 Å². The van der Waals surface area contributed by atoms with Crippen LogP contribution >= 0.6 is 22.9 Å². The lowest BCUT2D eigenvalue weighted by atomic mass is 9.90. The number of aryl methyl sites for hydroxylation is 2. The first-order chi connectivity index (χ1) is 35.0. The zero-order valence-corrected chi connectivity index (χ0v) is 46.8. The number of thiazole rings is 1. The van der Waals surface area contributed by atoms with Crippen LogP contribution in [0.4, 0.5) is 23.1 Å². The number of unbranched alkanes of at least 4 members (excludes halogenated alkanes) is 2. The molecule has 5 aromatic rings. The van der Waals surface area contributed by atoms with Crippen LogP contribution in [0.25, 0.3) is 10.4 Å². The Morgan fingerprint density at radius 2 is 1.65 bits per heavy atom. The third-order valence-electron chi connectivity index (χ3n) is 13.9. The van der Waals surface area contributed by atoms with Crippen molar-refractivity contribution < 1.29 is 32.6 Å². The summed E-state index contributed by atoms with van der Waals surface area (Å²) in [6.07, 6.45) is 4.21. The zero-order valence-electron chi connectivity index (χ0n) is 44.5. The summed E-state index contributed by atoms with van der Waals surface area (Å²) in [5.41, 5.74) is 7.10. The number of aromatic nitrogens is 3. The van der Waals surface area contributed by atoms with E-state index < -0.39 is 44.7 Å². The third-order valence-corrected chi connectivity index (χ3v) is 17.4. The van der Waals surface area contributed by atoms with Crippen LogP contribution in [-0.2, 0) is 30.6 Å². The van der Waals surface area contributed by atoms with E-state index in [2.05, 4.69) is 53.1 Å². The minimum atomic E-state index is -3.59. The van der Waals surface area contributed by atoms with Crippen molar-refractivity contribution in [2.24, 2.45) is 0 Å². The van der Waals surface area contributed by atoms with E-state index in [9.17, 15) is 27.9 Å². The summed E-state index contributed by atoms with van der Waals surface area (Å²) in [4.78, 5) is 61.3. The number of carbonyl (C=O) groups is 3. The number of methoxy groups -OCH3 is 1. The molecular weight excluding hydrogens is 1000 g/mol. The van der Waals surface area contributed by atoms with E-state index >= 15 is 0 Å². The van der Waals surface area contributed by atoms with Gasteiger partial charge in [-0.2, -0.15) is 4.98 Å². The van der Waals surface area contributed by atoms with Gasteiger partial charge in [-0.15, -0.1) is 11.3 Å². The van der Waals surface area contributed by atoms with Gasteiger partial charge in [-0.1, -0.05) is 54.4 Å². The molecule has 0 unspecified atom stereocenters. The second-order valence-electron chi connectivity index (χ2n) is 20.0. The molecule has 20 heteroatoms. The van der Waals surface area contributed by atoms with Gasteiger partial charge in [0.25, 0.3) is 0 Å². The lowest BCUT2D eigenvalue weighted by molar-refractivity contribution is -0.144. The normalized spacial score (nSPS) is 15.9. The number of nitrogens with one attached hydrogen (secondary N) is 4. The van der Waals surface area contributed by atoms with Crippen LogP contribution in [0.5, 0.6) is 5.75 Å². The van der Waals surface area contributed by atoms with Crippen LogP contribution in [0.2, 0.25) is 5.02 Å². The molecule has 0 spiro atoms. The maximum Gasteiger partial charge on any atom is 0.247 e. The number of hydrogen-bond donors (Lipinski definition) is 5. The minimum absolute atomic E-state index is 0.0131. The molecule has 1 fully saturated rings. The van der Waals surface area contributed by atoms with Crippen molar-refractivity contribution in [2.75, 3.05) is 58.0 Å². The number of halogens is 1. The van der Waals surface area contributed by atoms with Crippen molar-refractivity contribution in [3.05, 3.63) is 99.8 Å². The number of rotatable bonds is 24. The SMILES string of the molecule is COc1cc(CCN(C)CCCCCN(C)C(C)(C)[C@H](NC(C)=O)C(=O)N2C[C@H](O)C[C@H]2C(=O)N[C@@H](C)c2ccc(-c3scnc3C)cc2)c(C)cc1Nc1ncc(Cl)c(Nc2ccccc2S(=O)(=O)C(C)C)n1. The Kier molecular flexibility index (Phi) is 19.6. The number of ether oxygens (including phenoxy) is 1. The standard InChI is InChI=1S/C54H73ClN10O7S2/c1-33(2)74(70,71)47-18-14-13-17-43(47)60-50-42(55)30-56-53(62-50)61-44-27-34(3)40(28-46(44)72-11)23-26-63(9)24-15-12-16-25-64(10)54(7,8)49(59-37(6)66)52(69)65-31-41(67)29-45(65)51(68)58-35(4)38-19-21-39(22-20-38)48-36(5)57-32-73-48/h13-14,17-22,27-28,30,32-33,35,41,45,49,67H,12,15-16,23-26,29,31H2,1-11H3,(H,58,68)(H,59,66)(H2,56,60,61,62)/t35-,41+,45-,49+/m0/s1. The van der Waals surface area contributed by atoms with Crippen LogP contribution in [0.3, 0.4) is 0 Å².